The number of benzene rings is 1. The number of rotatable bonds is 8. The van der Waals surface area contributed by atoms with Gasteiger partial charge < -0.3 is 4.74 Å². The monoisotopic (exact) mass is 480 g/mol. The highest BCUT2D eigenvalue weighted by atomic mass is 32.2. The van der Waals surface area contributed by atoms with Crippen LogP contribution in [0.5, 0.6) is 5.75 Å². The van der Waals surface area contributed by atoms with Crippen molar-refractivity contribution < 1.29 is 9.53 Å². The van der Waals surface area contributed by atoms with Gasteiger partial charge in [-0.1, -0.05) is 25.1 Å². The van der Waals surface area contributed by atoms with E-state index in [9.17, 15) is 4.79 Å². The fourth-order valence-electron chi connectivity index (χ4n) is 3.93. The number of ether oxygens (including phenoxy) is 1. The van der Waals surface area contributed by atoms with Gasteiger partial charge in [0.25, 0.3) is 5.91 Å². The second-order valence-electron chi connectivity index (χ2n) is 8.06. The summed E-state index contributed by atoms with van der Waals surface area (Å²) in [5, 5.41) is 5.09. The van der Waals surface area contributed by atoms with Gasteiger partial charge in [-0.15, -0.1) is 11.3 Å². The van der Waals surface area contributed by atoms with Crippen LogP contribution in [0.2, 0.25) is 0 Å². The van der Waals surface area contributed by atoms with Crippen molar-refractivity contribution in [3.63, 3.8) is 0 Å². The average Bonchev–Trinajstić information content (AvgIpc) is 3.29. The summed E-state index contributed by atoms with van der Waals surface area (Å²) in [6.07, 6.45) is 8.04. The van der Waals surface area contributed by atoms with Gasteiger partial charge in [0.05, 0.1) is 17.7 Å². The molecule has 4 rings (SSSR count). The number of hydrogen-bond donors (Lipinski definition) is 1. The number of amides is 1. The molecule has 0 saturated heterocycles. The summed E-state index contributed by atoms with van der Waals surface area (Å²) in [5.74, 6) is 2.06. The minimum Gasteiger partial charge on any atom is -0.496 e. The Kier molecular flexibility index (Phi) is 7.77. The Morgan fingerprint density at radius 1 is 1.30 bits per heavy atom. The highest BCUT2D eigenvalue weighted by molar-refractivity contribution is 7.98. The molecule has 0 fully saturated rings. The molecular formula is C25H28N4O2S2. The SMILES string of the molecule is CCC1CCc2sc(C(=O)N/N=C(\C)c3ccc(OC)c(CSc4ncccn4)c3)cc2C1. The van der Waals surface area contributed by atoms with Gasteiger partial charge in [0, 0.05) is 28.6 Å². The Morgan fingerprint density at radius 2 is 2.12 bits per heavy atom. The van der Waals surface area contributed by atoms with Crippen LogP contribution in [-0.4, -0.2) is 28.7 Å². The second-order valence-corrected chi connectivity index (χ2v) is 10.1. The second kappa shape index (κ2) is 10.9. The van der Waals surface area contributed by atoms with E-state index in [4.69, 9.17) is 4.74 Å². The Labute approximate surface area is 202 Å². The number of carbonyl (C=O) groups is 1. The molecule has 0 radical (unpaired) electrons. The molecule has 6 nitrogen and oxygen atoms in total. The van der Waals surface area contributed by atoms with Gasteiger partial charge >= 0.3 is 0 Å². The summed E-state index contributed by atoms with van der Waals surface area (Å²) in [4.78, 5) is 23.3. The normalized spacial score (nSPS) is 15.7. The predicted molar refractivity (Wildman–Crippen MR) is 134 cm³/mol. The van der Waals surface area contributed by atoms with Gasteiger partial charge in [-0.3, -0.25) is 4.79 Å². The van der Waals surface area contributed by atoms with Crippen molar-refractivity contribution in [1.29, 1.82) is 0 Å². The average molecular weight is 481 g/mol. The molecule has 1 amide bonds. The highest BCUT2D eigenvalue weighted by Gasteiger charge is 2.22. The first kappa shape index (κ1) is 23.4. The van der Waals surface area contributed by atoms with E-state index >= 15 is 0 Å². The molecule has 0 saturated carbocycles. The van der Waals surface area contributed by atoms with Gasteiger partial charge in [0.15, 0.2) is 5.16 Å². The van der Waals surface area contributed by atoms with Crippen LogP contribution < -0.4 is 10.2 Å². The molecule has 33 heavy (non-hydrogen) atoms. The van der Waals surface area contributed by atoms with Crippen LogP contribution in [0.1, 0.15) is 57.9 Å². The summed E-state index contributed by atoms with van der Waals surface area (Å²) in [6, 6.07) is 9.76. The third-order valence-corrected chi connectivity index (χ3v) is 8.07. The number of thioether (sulfide) groups is 1. The zero-order chi connectivity index (χ0) is 23.2. The molecule has 0 spiro atoms. The summed E-state index contributed by atoms with van der Waals surface area (Å²) < 4.78 is 5.52. The number of carbonyl (C=O) groups excluding carboxylic acids is 1. The van der Waals surface area contributed by atoms with E-state index in [-0.39, 0.29) is 5.91 Å². The largest absolute Gasteiger partial charge is 0.496 e. The Hall–Kier alpha value is -2.71. The number of aromatic nitrogens is 2. The number of thiophene rings is 1. The van der Waals surface area contributed by atoms with E-state index in [1.165, 1.54) is 23.3 Å². The number of methoxy groups -OCH3 is 1. The maximum absolute atomic E-state index is 12.7. The molecule has 0 bridgehead atoms. The smallest absolute Gasteiger partial charge is 0.281 e. The lowest BCUT2D eigenvalue weighted by Gasteiger charge is -2.19. The fourth-order valence-corrected chi connectivity index (χ4v) is 5.81. The molecule has 2 heterocycles. The zero-order valence-electron chi connectivity index (χ0n) is 19.1. The maximum Gasteiger partial charge on any atom is 0.281 e. The first-order valence-corrected chi connectivity index (χ1v) is 12.9. The molecular weight excluding hydrogens is 452 g/mol. The Bertz CT molecular complexity index is 1140. The highest BCUT2D eigenvalue weighted by Crippen LogP contribution is 2.33. The van der Waals surface area contributed by atoms with Crippen LogP contribution in [0.15, 0.2) is 53.0 Å². The third kappa shape index (κ3) is 5.81. The van der Waals surface area contributed by atoms with Crippen molar-refractivity contribution in [1.82, 2.24) is 15.4 Å². The lowest BCUT2D eigenvalue weighted by atomic mass is 9.87. The van der Waals surface area contributed by atoms with E-state index in [0.717, 1.165) is 46.2 Å². The van der Waals surface area contributed by atoms with Crippen molar-refractivity contribution in [2.75, 3.05) is 7.11 Å². The third-order valence-electron chi connectivity index (χ3n) is 5.91. The van der Waals surface area contributed by atoms with E-state index < -0.39 is 0 Å². The summed E-state index contributed by atoms with van der Waals surface area (Å²) in [7, 11) is 1.66. The first-order valence-electron chi connectivity index (χ1n) is 11.1. The molecule has 1 aliphatic rings. The molecule has 1 atom stereocenters. The molecule has 0 aliphatic heterocycles. The number of fused-ring (bicyclic) bond motifs is 1. The Morgan fingerprint density at radius 3 is 2.88 bits per heavy atom. The van der Waals surface area contributed by atoms with Crippen molar-refractivity contribution >= 4 is 34.7 Å². The number of aryl methyl sites for hydroxylation is 1. The van der Waals surface area contributed by atoms with Crippen LogP contribution >= 0.6 is 23.1 Å². The van der Waals surface area contributed by atoms with Gasteiger partial charge in [-0.25, -0.2) is 15.4 Å². The summed E-state index contributed by atoms with van der Waals surface area (Å²) in [6.45, 7) is 4.14. The lowest BCUT2D eigenvalue weighted by Crippen LogP contribution is -2.18. The maximum atomic E-state index is 12.7. The summed E-state index contributed by atoms with van der Waals surface area (Å²) >= 11 is 3.15. The summed E-state index contributed by atoms with van der Waals surface area (Å²) in [5.41, 5.74) is 6.76. The quantitative estimate of drug-likeness (QED) is 0.199. The number of hydrogen-bond acceptors (Lipinski definition) is 7. The molecule has 172 valence electrons. The molecule has 3 aromatic rings. The molecule has 1 unspecified atom stereocenters. The number of nitrogens with zero attached hydrogens (tertiary/aromatic N) is 3. The van der Waals surface area contributed by atoms with Crippen LogP contribution in [0.3, 0.4) is 0 Å². The molecule has 2 aromatic heterocycles. The predicted octanol–water partition coefficient (Wildman–Crippen LogP) is 5.51. The molecule has 8 heteroatoms. The van der Waals surface area contributed by atoms with E-state index in [2.05, 4.69) is 33.5 Å². The van der Waals surface area contributed by atoms with Crippen LogP contribution in [0.25, 0.3) is 0 Å². The standard InChI is InChI=1S/C25H28N4O2S2/c1-4-17-6-9-22-19(12-17)14-23(33-22)24(30)29-28-16(2)18-7-8-21(31-3)20(13-18)15-32-25-26-10-5-11-27-25/h5,7-8,10-11,13-14,17H,4,6,9,12,15H2,1-3H3,(H,29,30)/b28-16+. The van der Waals surface area contributed by atoms with Crippen molar-refractivity contribution in [2.45, 2.75) is 50.4 Å². The molecule has 1 aromatic carbocycles. The van der Waals surface area contributed by atoms with Gasteiger partial charge in [0.1, 0.15) is 5.75 Å². The van der Waals surface area contributed by atoms with Gasteiger partial charge in [-0.2, -0.15) is 5.10 Å². The lowest BCUT2D eigenvalue weighted by molar-refractivity contribution is 0.0959. The first-order chi connectivity index (χ1) is 16.1. The minimum absolute atomic E-state index is 0.146. The topological polar surface area (TPSA) is 76.5 Å². The van der Waals surface area contributed by atoms with E-state index in [0.29, 0.717) is 10.9 Å². The molecule has 1 aliphatic carbocycles. The zero-order valence-corrected chi connectivity index (χ0v) is 20.8. The van der Waals surface area contributed by atoms with Crippen molar-refractivity contribution in [3.8, 4) is 5.75 Å². The van der Waals surface area contributed by atoms with Crippen LogP contribution in [0.4, 0.5) is 0 Å². The fraction of sp³-hybridized carbons (Fsp3) is 0.360. The van der Waals surface area contributed by atoms with Gasteiger partial charge in [0.2, 0.25) is 0 Å². The van der Waals surface area contributed by atoms with E-state index in [1.807, 2.05) is 25.1 Å². The van der Waals surface area contributed by atoms with Crippen LogP contribution in [0, 0.1) is 5.92 Å². The van der Waals surface area contributed by atoms with Crippen molar-refractivity contribution in [3.05, 3.63) is 69.2 Å². The minimum atomic E-state index is -0.146. The van der Waals surface area contributed by atoms with E-state index in [1.54, 1.807) is 48.7 Å². The van der Waals surface area contributed by atoms with Crippen LogP contribution in [-0.2, 0) is 18.6 Å². The van der Waals surface area contributed by atoms with Gasteiger partial charge in [-0.05, 0) is 73.6 Å². The van der Waals surface area contributed by atoms with Crippen molar-refractivity contribution in [2.24, 2.45) is 11.0 Å². The number of nitrogens with one attached hydrogen (secondary N) is 1. The molecule has 1 N–H and O–H groups in total. The Balaban J connectivity index is 1.44. The number of hydrazone groups is 1.